The number of hydrogen-bond acceptors (Lipinski definition) is 4. The van der Waals surface area contributed by atoms with E-state index in [0.717, 1.165) is 25.7 Å². The molecule has 35 heavy (non-hydrogen) atoms. The Balaban J connectivity index is 1.32. The van der Waals surface area contributed by atoms with Gasteiger partial charge in [-0.3, -0.25) is 4.79 Å². The van der Waals surface area contributed by atoms with Crippen LogP contribution in [0, 0.1) is 57.2 Å². The summed E-state index contributed by atoms with van der Waals surface area (Å²) in [6, 6.07) is 0. The van der Waals surface area contributed by atoms with E-state index in [1.165, 1.54) is 19.3 Å². The molecular weight excluding hydrogens is 436 g/mol. The molecule has 0 aromatic rings. The zero-order valence-electron chi connectivity index (χ0n) is 22.6. The first-order valence-corrected chi connectivity index (χ1v) is 14.3. The third kappa shape index (κ3) is 2.58. The second kappa shape index (κ2) is 7.11. The van der Waals surface area contributed by atoms with Gasteiger partial charge in [0.2, 0.25) is 0 Å². The molecule has 1 heterocycles. The predicted molar refractivity (Wildman–Crippen MR) is 136 cm³/mol. The molecule has 0 bridgehead atoms. The Morgan fingerprint density at radius 2 is 1.94 bits per heavy atom. The molecule has 4 heteroatoms. The van der Waals surface area contributed by atoms with Crippen molar-refractivity contribution in [3.8, 4) is 0 Å². The van der Waals surface area contributed by atoms with Gasteiger partial charge >= 0.3 is 0 Å². The Kier molecular flexibility index (Phi) is 4.95. The lowest BCUT2D eigenvalue weighted by molar-refractivity contribution is -0.261. The molecule has 4 saturated carbocycles. The van der Waals surface area contributed by atoms with Gasteiger partial charge in [0, 0.05) is 11.8 Å². The third-order valence-electron chi connectivity index (χ3n) is 13.5. The lowest BCUT2D eigenvalue weighted by atomic mass is 9.43. The van der Waals surface area contributed by atoms with Crippen LogP contribution < -0.4 is 0 Å². The summed E-state index contributed by atoms with van der Waals surface area (Å²) in [5.41, 5.74) is 1.44. The number of aliphatic hydroxyl groups is 2. The fraction of sp³-hybridized carbons (Fsp3) is 0.839. The van der Waals surface area contributed by atoms with Gasteiger partial charge in [-0.25, -0.2) is 0 Å². The molecule has 2 spiro atoms. The van der Waals surface area contributed by atoms with Crippen LogP contribution in [0.25, 0.3) is 0 Å². The molecule has 0 radical (unpaired) electrons. The van der Waals surface area contributed by atoms with Crippen molar-refractivity contribution in [2.45, 2.75) is 104 Å². The average molecular weight is 483 g/mol. The highest BCUT2D eigenvalue weighted by Crippen LogP contribution is 2.87. The van der Waals surface area contributed by atoms with Crippen molar-refractivity contribution in [1.82, 2.24) is 0 Å². The van der Waals surface area contributed by atoms with Crippen molar-refractivity contribution in [1.29, 1.82) is 0 Å². The van der Waals surface area contributed by atoms with E-state index in [-0.39, 0.29) is 46.0 Å². The van der Waals surface area contributed by atoms with Gasteiger partial charge < -0.3 is 14.9 Å². The summed E-state index contributed by atoms with van der Waals surface area (Å²) in [5, 5.41) is 23.0. The lowest BCUT2D eigenvalue weighted by Crippen LogP contribution is -2.57. The van der Waals surface area contributed by atoms with Crippen LogP contribution in [0.3, 0.4) is 0 Å². The molecule has 5 fully saturated rings. The average Bonchev–Trinajstić information content (AvgIpc) is 3.34. The van der Waals surface area contributed by atoms with Crippen molar-refractivity contribution < 1.29 is 19.7 Å². The fourth-order valence-electron chi connectivity index (χ4n) is 11.1. The number of aliphatic hydroxyl groups excluding tert-OH is 1. The summed E-state index contributed by atoms with van der Waals surface area (Å²) < 4.78 is 6.53. The monoisotopic (exact) mass is 482 g/mol. The minimum atomic E-state index is -1.56. The van der Waals surface area contributed by atoms with Crippen molar-refractivity contribution in [2.75, 3.05) is 0 Å². The molecule has 4 nitrogen and oxygen atoms in total. The summed E-state index contributed by atoms with van der Waals surface area (Å²) in [5.74, 6) is 0.266. The highest BCUT2D eigenvalue weighted by Gasteiger charge is 2.82. The minimum Gasteiger partial charge on any atom is -0.383 e. The second-order valence-corrected chi connectivity index (χ2v) is 14.2. The molecule has 2 N–H and O–H groups in total. The lowest BCUT2D eigenvalue weighted by Gasteiger charge is -2.61. The molecule has 1 aliphatic heterocycles. The number of fused-ring (bicyclic) bond motifs is 4. The Hall–Kier alpha value is -0.970. The minimum absolute atomic E-state index is 0.0330. The second-order valence-electron chi connectivity index (χ2n) is 14.2. The van der Waals surface area contributed by atoms with Gasteiger partial charge in [-0.15, -0.1) is 0 Å². The molecule has 6 aliphatic rings. The van der Waals surface area contributed by atoms with Crippen LogP contribution in [0.15, 0.2) is 24.3 Å². The summed E-state index contributed by atoms with van der Waals surface area (Å²) in [6.07, 6.45) is 10.9. The van der Waals surface area contributed by atoms with Crippen molar-refractivity contribution in [3.05, 3.63) is 24.3 Å². The van der Waals surface area contributed by atoms with Crippen LogP contribution in [-0.2, 0) is 9.53 Å². The molecular formula is C31H46O4. The SMILES string of the molecule is C=C(C(O)C1(O)O[C@H]2C[C@@]3(C)[C@@H]4CC[C@H]5[C@H](C)C(=O)C=C[C@@]56C[C@@]46CC[C@]3(C)[C@H]2[C@@H]1C)[C@@H](C)CC. The highest BCUT2D eigenvalue weighted by atomic mass is 16.7. The van der Waals surface area contributed by atoms with Gasteiger partial charge in [-0.05, 0) is 102 Å². The normalized spacial score (nSPS) is 57.4. The Morgan fingerprint density at radius 3 is 2.63 bits per heavy atom. The van der Waals surface area contributed by atoms with Crippen LogP contribution in [0.2, 0.25) is 0 Å². The highest BCUT2D eigenvalue weighted by molar-refractivity contribution is 5.93. The standard InChI is InChI=1S/C31H46O4/c1-8-17(2)18(3)26(33)31(34)20(5)25-23(35-31)15-28(7)24-10-9-21-19(4)22(32)11-12-29(21)16-30(24,29)14-13-27(25,28)6/h11-12,17,19-21,23-26,33-34H,3,8-10,13-16H2,1-2,4-7H3/t17-,19-,20-,21-,23-,24-,25-,26?,27+,28-,29+,30-,31?/m0/s1. The zero-order valence-corrected chi connectivity index (χ0v) is 22.6. The van der Waals surface area contributed by atoms with Crippen molar-refractivity contribution >= 4 is 5.78 Å². The Labute approximate surface area is 211 Å². The van der Waals surface area contributed by atoms with Crippen LogP contribution in [-0.4, -0.2) is 34.0 Å². The first kappa shape index (κ1) is 24.4. The van der Waals surface area contributed by atoms with E-state index in [9.17, 15) is 15.0 Å². The zero-order chi connectivity index (χ0) is 25.3. The van der Waals surface area contributed by atoms with Crippen molar-refractivity contribution in [2.24, 2.45) is 57.2 Å². The number of ether oxygens (including phenoxy) is 1. The van der Waals surface area contributed by atoms with E-state index in [2.05, 4.69) is 54.2 Å². The smallest absolute Gasteiger partial charge is 0.199 e. The number of allylic oxidation sites excluding steroid dienone is 2. The summed E-state index contributed by atoms with van der Waals surface area (Å²) in [7, 11) is 0. The molecule has 194 valence electrons. The molecule has 0 aromatic carbocycles. The topological polar surface area (TPSA) is 66.8 Å². The first-order valence-electron chi connectivity index (χ1n) is 14.3. The third-order valence-corrected chi connectivity index (χ3v) is 13.5. The van der Waals surface area contributed by atoms with Crippen molar-refractivity contribution in [3.63, 3.8) is 0 Å². The number of carbonyl (C=O) groups is 1. The Morgan fingerprint density at radius 1 is 1.23 bits per heavy atom. The van der Waals surface area contributed by atoms with Gasteiger partial charge in [0.1, 0.15) is 6.10 Å². The van der Waals surface area contributed by atoms with E-state index in [1.54, 1.807) is 0 Å². The molecule has 0 aromatic heterocycles. The predicted octanol–water partition coefficient (Wildman–Crippen LogP) is 5.68. The van der Waals surface area contributed by atoms with Gasteiger partial charge in [-0.1, -0.05) is 54.2 Å². The number of carbonyl (C=O) groups excluding carboxylic acids is 1. The largest absolute Gasteiger partial charge is 0.383 e. The van der Waals surface area contributed by atoms with Crippen LogP contribution >= 0.6 is 0 Å². The van der Waals surface area contributed by atoms with Gasteiger partial charge in [0.15, 0.2) is 11.6 Å². The van der Waals surface area contributed by atoms with Gasteiger partial charge in [-0.2, -0.15) is 0 Å². The Bertz CT molecular complexity index is 1000. The quantitative estimate of drug-likeness (QED) is 0.506. The first-order chi connectivity index (χ1) is 16.3. The molecule has 13 atom stereocenters. The molecule has 1 saturated heterocycles. The van der Waals surface area contributed by atoms with E-state index in [1.807, 2.05) is 6.08 Å². The molecule has 2 unspecified atom stereocenters. The van der Waals surface area contributed by atoms with Crippen LogP contribution in [0.5, 0.6) is 0 Å². The summed E-state index contributed by atoms with van der Waals surface area (Å²) in [4.78, 5) is 12.5. The maximum absolute atomic E-state index is 12.5. The number of ketones is 1. The molecule has 6 rings (SSSR count). The van der Waals surface area contributed by atoms with E-state index < -0.39 is 11.9 Å². The van der Waals surface area contributed by atoms with Crippen LogP contribution in [0.1, 0.15) is 86.5 Å². The van der Waals surface area contributed by atoms with Gasteiger partial charge in [0.05, 0.1) is 6.10 Å². The summed E-state index contributed by atoms with van der Waals surface area (Å²) >= 11 is 0. The van der Waals surface area contributed by atoms with Gasteiger partial charge in [0.25, 0.3) is 0 Å². The van der Waals surface area contributed by atoms with Crippen LogP contribution in [0.4, 0.5) is 0 Å². The number of hydrogen-bond donors (Lipinski definition) is 2. The maximum Gasteiger partial charge on any atom is 0.199 e. The molecule has 5 aliphatic carbocycles. The van der Waals surface area contributed by atoms with E-state index >= 15 is 0 Å². The fourth-order valence-corrected chi connectivity index (χ4v) is 11.1. The maximum atomic E-state index is 12.5. The number of rotatable bonds is 4. The van der Waals surface area contributed by atoms with E-state index in [4.69, 9.17) is 4.74 Å². The molecule has 0 amide bonds. The van der Waals surface area contributed by atoms with E-state index in [0.29, 0.717) is 28.6 Å². The summed E-state index contributed by atoms with van der Waals surface area (Å²) in [6.45, 7) is 17.6.